The second kappa shape index (κ2) is 5.00. The zero-order chi connectivity index (χ0) is 11.8. The Kier molecular flexibility index (Phi) is 3.57. The van der Waals surface area contributed by atoms with E-state index in [1.807, 2.05) is 11.3 Å². The van der Waals surface area contributed by atoms with Crippen LogP contribution in [0.2, 0.25) is 0 Å². The van der Waals surface area contributed by atoms with E-state index < -0.39 is 0 Å². The first-order chi connectivity index (χ1) is 8.24. The molecule has 2 nitrogen and oxygen atoms in total. The number of thiophene rings is 1. The third kappa shape index (κ3) is 2.46. The predicted octanol–water partition coefficient (Wildman–Crippen LogP) is 2.97. The minimum Gasteiger partial charge on any atom is -0.327 e. The molecule has 3 N–H and O–H groups in total. The van der Waals surface area contributed by atoms with Crippen molar-refractivity contribution in [2.75, 3.05) is 6.54 Å². The summed E-state index contributed by atoms with van der Waals surface area (Å²) in [5.41, 5.74) is 6.30. The highest BCUT2D eigenvalue weighted by molar-refractivity contribution is 9.11. The Morgan fingerprint density at radius 2 is 2.18 bits per heavy atom. The summed E-state index contributed by atoms with van der Waals surface area (Å²) in [5, 5.41) is 3.58. The first kappa shape index (κ1) is 12.2. The van der Waals surface area contributed by atoms with E-state index in [2.05, 4.69) is 33.4 Å². The smallest absolute Gasteiger partial charge is 0.0701 e. The number of fused-ring (bicyclic) bond motifs is 2. The summed E-state index contributed by atoms with van der Waals surface area (Å²) < 4.78 is 1.21. The van der Waals surface area contributed by atoms with Gasteiger partial charge in [-0.25, -0.2) is 0 Å². The summed E-state index contributed by atoms with van der Waals surface area (Å²) in [6.07, 6.45) is 4.17. The summed E-state index contributed by atoms with van der Waals surface area (Å²) in [6.45, 7) is 2.08. The van der Waals surface area contributed by atoms with Crippen LogP contribution < -0.4 is 11.1 Å². The zero-order valence-corrected chi connectivity index (χ0v) is 12.3. The van der Waals surface area contributed by atoms with Crippen LogP contribution in [0.5, 0.6) is 0 Å². The van der Waals surface area contributed by atoms with Gasteiger partial charge in [0.1, 0.15) is 0 Å². The molecule has 4 heteroatoms. The van der Waals surface area contributed by atoms with Gasteiger partial charge in [-0.05, 0) is 65.1 Å². The summed E-state index contributed by atoms with van der Waals surface area (Å²) in [6, 6.07) is 4.75. The Balaban J connectivity index is 1.48. The first-order valence-corrected chi connectivity index (χ1v) is 8.05. The fourth-order valence-corrected chi connectivity index (χ4v) is 5.02. The van der Waals surface area contributed by atoms with Crippen molar-refractivity contribution in [3.63, 3.8) is 0 Å². The number of hydrogen-bond donors (Lipinski definition) is 2. The Hall–Kier alpha value is 0.1000. The largest absolute Gasteiger partial charge is 0.327 e. The van der Waals surface area contributed by atoms with Crippen molar-refractivity contribution in [2.45, 2.75) is 31.8 Å². The fourth-order valence-electron chi connectivity index (χ4n) is 3.57. The van der Waals surface area contributed by atoms with Gasteiger partial charge in [-0.1, -0.05) is 0 Å². The molecule has 94 valence electrons. The van der Waals surface area contributed by atoms with E-state index in [1.165, 1.54) is 27.9 Å². The van der Waals surface area contributed by atoms with Gasteiger partial charge in [0.25, 0.3) is 0 Å². The van der Waals surface area contributed by atoms with Crippen molar-refractivity contribution < 1.29 is 0 Å². The van der Waals surface area contributed by atoms with Crippen molar-refractivity contribution in [1.29, 1.82) is 0 Å². The Bertz CT molecular complexity index is 391. The average molecular weight is 315 g/mol. The lowest BCUT2D eigenvalue weighted by Gasteiger charge is -2.28. The molecule has 2 bridgehead atoms. The third-order valence-electron chi connectivity index (χ3n) is 4.47. The first-order valence-electron chi connectivity index (χ1n) is 6.44. The maximum absolute atomic E-state index is 6.30. The van der Waals surface area contributed by atoms with Crippen molar-refractivity contribution in [1.82, 2.24) is 5.32 Å². The SMILES string of the molecule is NC1C2CCC(C2)C1CNCc1ccc(Br)s1. The fraction of sp³-hybridized carbons (Fsp3) is 0.692. The van der Waals surface area contributed by atoms with Crippen molar-refractivity contribution in [3.8, 4) is 0 Å². The van der Waals surface area contributed by atoms with Crippen LogP contribution in [-0.2, 0) is 6.54 Å². The van der Waals surface area contributed by atoms with Crippen molar-refractivity contribution in [2.24, 2.45) is 23.5 Å². The van der Waals surface area contributed by atoms with E-state index in [4.69, 9.17) is 5.73 Å². The number of nitrogens with two attached hydrogens (primary N) is 1. The number of hydrogen-bond acceptors (Lipinski definition) is 3. The van der Waals surface area contributed by atoms with E-state index in [0.29, 0.717) is 6.04 Å². The quantitative estimate of drug-likeness (QED) is 0.896. The highest BCUT2D eigenvalue weighted by Gasteiger charge is 2.45. The Morgan fingerprint density at radius 3 is 2.82 bits per heavy atom. The predicted molar refractivity (Wildman–Crippen MR) is 76.0 cm³/mol. The second-order valence-electron chi connectivity index (χ2n) is 5.41. The van der Waals surface area contributed by atoms with Crippen molar-refractivity contribution in [3.05, 3.63) is 20.8 Å². The molecule has 2 aliphatic rings. The van der Waals surface area contributed by atoms with E-state index in [-0.39, 0.29) is 0 Å². The van der Waals surface area contributed by atoms with Gasteiger partial charge >= 0.3 is 0 Å². The van der Waals surface area contributed by atoms with Crippen LogP contribution in [0.1, 0.15) is 24.1 Å². The van der Waals surface area contributed by atoms with E-state index >= 15 is 0 Å². The van der Waals surface area contributed by atoms with Gasteiger partial charge < -0.3 is 11.1 Å². The lowest BCUT2D eigenvalue weighted by Crippen LogP contribution is -2.41. The third-order valence-corrected chi connectivity index (χ3v) is 6.09. The maximum atomic E-state index is 6.30. The van der Waals surface area contributed by atoms with Crippen LogP contribution in [0.25, 0.3) is 0 Å². The topological polar surface area (TPSA) is 38.0 Å². The molecule has 2 saturated carbocycles. The average Bonchev–Trinajstić information content (AvgIpc) is 2.97. The van der Waals surface area contributed by atoms with Gasteiger partial charge in [0.15, 0.2) is 0 Å². The molecular weight excluding hydrogens is 296 g/mol. The summed E-state index contributed by atoms with van der Waals surface area (Å²) in [4.78, 5) is 1.40. The van der Waals surface area contributed by atoms with Gasteiger partial charge in [-0.2, -0.15) is 0 Å². The monoisotopic (exact) mass is 314 g/mol. The van der Waals surface area contributed by atoms with Crippen LogP contribution in [0.3, 0.4) is 0 Å². The molecule has 4 unspecified atom stereocenters. The molecule has 0 saturated heterocycles. The van der Waals surface area contributed by atoms with E-state index in [1.54, 1.807) is 0 Å². The zero-order valence-electron chi connectivity index (χ0n) is 9.86. The summed E-state index contributed by atoms with van der Waals surface area (Å²) >= 11 is 5.31. The minimum absolute atomic E-state index is 0.455. The van der Waals surface area contributed by atoms with E-state index in [9.17, 15) is 0 Å². The van der Waals surface area contributed by atoms with Crippen LogP contribution in [-0.4, -0.2) is 12.6 Å². The molecular formula is C13H19BrN2S. The summed E-state index contributed by atoms with van der Waals surface area (Å²) in [5.74, 6) is 2.44. The van der Waals surface area contributed by atoms with Crippen LogP contribution >= 0.6 is 27.3 Å². The molecule has 4 atom stereocenters. The van der Waals surface area contributed by atoms with Gasteiger partial charge in [0, 0.05) is 24.0 Å². The Labute approximate surface area is 115 Å². The van der Waals surface area contributed by atoms with Crippen molar-refractivity contribution >= 4 is 27.3 Å². The van der Waals surface area contributed by atoms with E-state index in [0.717, 1.165) is 30.8 Å². The molecule has 2 fully saturated rings. The molecule has 0 spiro atoms. The van der Waals surface area contributed by atoms with Gasteiger partial charge in [-0.15, -0.1) is 11.3 Å². The maximum Gasteiger partial charge on any atom is 0.0701 e. The molecule has 2 aliphatic carbocycles. The molecule has 0 aromatic carbocycles. The minimum atomic E-state index is 0.455. The van der Waals surface area contributed by atoms with Gasteiger partial charge in [0.2, 0.25) is 0 Å². The highest BCUT2D eigenvalue weighted by Crippen LogP contribution is 2.47. The number of nitrogens with one attached hydrogen (secondary N) is 1. The normalized spacial score (nSPS) is 35.6. The lowest BCUT2D eigenvalue weighted by atomic mass is 9.85. The Morgan fingerprint density at radius 1 is 1.35 bits per heavy atom. The molecule has 0 radical (unpaired) electrons. The molecule has 17 heavy (non-hydrogen) atoms. The molecule has 0 amide bonds. The highest BCUT2D eigenvalue weighted by atomic mass is 79.9. The van der Waals surface area contributed by atoms with Gasteiger partial charge in [-0.3, -0.25) is 0 Å². The molecule has 0 aliphatic heterocycles. The molecule has 1 aromatic heterocycles. The summed E-state index contributed by atoms with van der Waals surface area (Å²) in [7, 11) is 0. The van der Waals surface area contributed by atoms with Crippen LogP contribution in [0.4, 0.5) is 0 Å². The molecule has 3 rings (SSSR count). The van der Waals surface area contributed by atoms with Crippen LogP contribution in [0.15, 0.2) is 15.9 Å². The molecule has 1 aromatic rings. The van der Waals surface area contributed by atoms with Gasteiger partial charge in [0.05, 0.1) is 3.79 Å². The van der Waals surface area contributed by atoms with Crippen LogP contribution in [0, 0.1) is 17.8 Å². The number of halogens is 1. The number of rotatable bonds is 4. The molecule has 1 heterocycles. The second-order valence-corrected chi connectivity index (χ2v) is 7.96. The lowest BCUT2D eigenvalue weighted by molar-refractivity contribution is 0.278. The standard InChI is InChI=1S/C13H19BrN2S/c14-12-4-3-10(17-12)6-16-7-11-8-1-2-9(5-8)13(11)15/h3-4,8-9,11,13,16H,1-2,5-7,15H2.